The lowest BCUT2D eigenvalue weighted by molar-refractivity contribution is -0.142. The number of nitrogens with one attached hydrogen (secondary N) is 4. The molecular formula is C30H38N6O6. The summed E-state index contributed by atoms with van der Waals surface area (Å²) in [6.45, 7) is 3.60. The standard InChI is InChI=1S/C30H38N6O6/c1-3-18(2)26(29(40)35-25(30(41)42)15-21-16-32-17-33-21)36-28(39)24(14-20-9-11-22(37)12-10-20)34-27(38)23(31)13-19-7-5-4-6-8-19/h4-12,16-18,23-26,37H,3,13-15,31H2,1-2H3,(H,32,33)(H,34,38)(H,35,40)(H,36,39)(H,41,42). The third kappa shape index (κ3) is 9.44. The molecule has 5 atom stereocenters. The number of aliphatic carboxylic acids is 1. The van der Waals surface area contributed by atoms with Crippen molar-refractivity contribution >= 4 is 23.7 Å². The van der Waals surface area contributed by atoms with Crippen LogP contribution in [0, 0.1) is 5.92 Å². The average molecular weight is 579 g/mol. The van der Waals surface area contributed by atoms with Gasteiger partial charge >= 0.3 is 5.97 Å². The van der Waals surface area contributed by atoms with E-state index in [0.717, 1.165) is 5.56 Å². The molecule has 1 aromatic heterocycles. The molecule has 0 saturated carbocycles. The summed E-state index contributed by atoms with van der Waals surface area (Å²) in [6, 6.07) is 11.0. The number of H-pyrrole nitrogens is 1. The van der Waals surface area contributed by atoms with Crippen molar-refractivity contribution in [3.05, 3.63) is 83.9 Å². The van der Waals surface area contributed by atoms with Crippen molar-refractivity contribution in [2.24, 2.45) is 11.7 Å². The first-order valence-corrected chi connectivity index (χ1v) is 13.8. The lowest BCUT2D eigenvalue weighted by atomic mass is 9.96. The largest absolute Gasteiger partial charge is 0.508 e. The third-order valence-corrected chi connectivity index (χ3v) is 7.03. The number of hydrogen-bond donors (Lipinski definition) is 7. The quantitative estimate of drug-likeness (QED) is 0.139. The van der Waals surface area contributed by atoms with Gasteiger partial charge in [-0.2, -0.15) is 0 Å². The van der Waals surface area contributed by atoms with Crippen molar-refractivity contribution in [3.63, 3.8) is 0 Å². The third-order valence-electron chi connectivity index (χ3n) is 7.03. The molecule has 3 amide bonds. The summed E-state index contributed by atoms with van der Waals surface area (Å²) in [6.07, 6.45) is 3.67. The Morgan fingerprint density at radius 1 is 0.857 bits per heavy atom. The Balaban J connectivity index is 1.78. The second-order valence-corrected chi connectivity index (χ2v) is 10.3. The molecule has 1 heterocycles. The first kappa shape index (κ1) is 31.8. The number of hydrogen-bond acceptors (Lipinski definition) is 7. The zero-order valence-corrected chi connectivity index (χ0v) is 23.6. The lowest BCUT2D eigenvalue weighted by Crippen LogP contribution is -2.59. The molecule has 0 spiro atoms. The molecule has 0 aliphatic carbocycles. The molecule has 3 aromatic rings. The van der Waals surface area contributed by atoms with E-state index < -0.39 is 47.9 Å². The number of phenols is 1. The molecule has 2 aromatic carbocycles. The molecule has 0 fully saturated rings. The predicted molar refractivity (Wildman–Crippen MR) is 155 cm³/mol. The van der Waals surface area contributed by atoms with Crippen LogP contribution in [-0.2, 0) is 38.4 Å². The normalized spacial score (nSPS) is 14.5. The molecule has 8 N–H and O–H groups in total. The van der Waals surface area contributed by atoms with Crippen LogP contribution in [-0.4, -0.2) is 68.0 Å². The van der Waals surface area contributed by atoms with Gasteiger partial charge in [0.05, 0.1) is 12.4 Å². The number of nitrogens with two attached hydrogens (primary N) is 1. The minimum absolute atomic E-state index is 0.0267. The van der Waals surface area contributed by atoms with Crippen LogP contribution in [0.4, 0.5) is 0 Å². The highest BCUT2D eigenvalue weighted by Crippen LogP contribution is 2.14. The minimum Gasteiger partial charge on any atom is -0.508 e. The SMILES string of the molecule is CCC(C)C(NC(=O)C(Cc1ccc(O)cc1)NC(=O)C(N)Cc1ccccc1)C(=O)NC(Cc1cnc[nH]1)C(=O)O. The zero-order chi connectivity index (χ0) is 30.6. The van der Waals surface area contributed by atoms with Gasteiger partial charge in [-0.05, 0) is 35.6 Å². The summed E-state index contributed by atoms with van der Waals surface area (Å²) in [5.74, 6) is -3.40. The van der Waals surface area contributed by atoms with Crippen LogP contribution < -0.4 is 21.7 Å². The van der Waals surface area contributed by atoms with Crippen LogP contribution in [0.1, 0.15) is 37.1 Å². The molecule has 3 rings (SSSR count). The maximum Gasteiger partial charge on any atom is 0.326 e. The second kappa shape index (κ2) is 15.3. The topological polar surface area (TPSA) is 200 Å². The number of carboxylic acids is 1. The van der Waals surface area contributed by atoms with Crippen molar-refractivity contribution in [2.75, 3.05) is 0 Å². The van der Waals surface area contributed by atoms with Gasteiger partial charge in [-0.15, -0.1) is 0 Å². The first-order chi connectivity index (χ1) is 20.1. The van der Waals surface area contributed by atoms with Gasteiger partial charge in [0.1, 0.15) is 23.9 Å². The summed E-state index contributed by atoms with van der Waals surface area (Å²) in [5.41, 5.74) is 8.20. The van der Waals surface area contributed by atoms with E-state index in [1.165, 1.54) is 24.7 Å². The van der Waals surface area contributed by atoms with Crippen LogP contribution in [0.5, 0.6) is 5.75 Å². The number of amides is 3. The molecule has 0 saturated heterocycles. The van der Waals surface area contributed by atoms with E-state index >= 15 is 0 Å². The molecule has 42 heavy (non-hydrogen) atoms. The highest BCUT2D eigenvalue weighted by molar-refractivity contribution is 5.94. The van der Waals surface area contributed by atoms with Gasteiger partial charge in [0.2, 0.25) is 17.7 Å². The van der Waals surface area contributed by atoms with Crippen molar-refractivity contribution in [1.82, 2.24) is 25.9 Å². The van der Waals surface area contributed by atoms with Crippen molar-refractivity contribution in [1.29, 1.82) is 0 Å². The van der Waals surface area contributed by atoms with Crippen molar-refractivity contribution in [3.8, 4) is 5.75 Å². The van der Waals surface area contributed by atoms with E-state index in [1.807, 2.05) is 37.3 Å². The van der Waals surface area contributed by atoms with E-state index in [9.17, 15) is 29.4 Å². The lowest BCUT2D eigenvalue weighted by Gasteiger charge is -2.28. The van der Waals surface area contributed by atoms with Crippen LogP contribution in [0.15, 0.2) is 67.1 Å². The fourth-order valence-electron chi connectivity index (χ4n) is 4.35. The van der Waals surface area contributed by atoms with Gasteiger partial charge < -0.3 is 36.9 Å². The van der Waals surface area contributed by atoms with Gasteiger partial charge in [-0.3, -0.25) is 14.4 Å². The molecule has 224 valence electrons. The maximum absolute atomic E-state index is 13.6. The van der Waals surface area contributed by atoms with E-state index in [0.29, 0.717) is 17.7 Å². The van der Waals surface area contributed by atoms with Crippen LogP contribution in [0.2, 0.25) is 0 Å². The van der Waals surface area contributed by atoms with E-state index in [4.69, 9.17) is 5.73 Å². The summed E-state index contributed by atoms with van der Waals surface area (Å²) >= 11 is 0. The Bertz CT molecular complexity index is 1320. The Morgan fingerprint density at radius 2 is 1.50 bits per heavy atom. The monoisotopic (exact) mass is 578 g/mol. The van der Waals surface area contributed by atoms with Gasteiger partial charge in [0.15, 0.2) is 0 Å². The maximum atomic E-state index is 13.6. The van der Waals surface area contributed by atoms with Gasteiger partial charge in [0.25, 0.3) is 0 Å². The highest BCUT2D eigenvalue weighted by atomic mass is 16.4. The molecule has 12 nitrogen and oxygen atoms in total. The van der Waals surface area contributed by atoms with Crippen LogP contribution in [0.25, 0.3) is 0 Å². The van der Waals surface area contributed by atoms with E-state index in [1.54, 1.807) is 19.1 Å². The van der Waals surface area contributed by atoms with Crippen LogP contribution in [0.3, 0.4) is 0 Å². The number of carbonyl (C=O) groups excluding carboxylic acids is 3. The van der Waals surface area contributed by atoms with Gasteiger partial charge in [-0.1, -0.05) is 62.7 Å². The molecule has 0 aliphatic rings. The van der Waals surface area contributed by atoms with E-state index in [2.05, 4.69) is 25.9 Å². The summed E-state index contributed by atoms with van der Waals surface area (Å²) in [5, 5.41) is 27.3. The molecule has 0 bridgehead atoms. The Hall–Kier alpha value is -4.71. The molecule has 0 radical (unpaired) electrons. The predicted octanol–water partition coefficient (Wildman–Crippen LogP) is 1.06. The molecular weight excluding hydrogens is 540 g/mol. The van der Waals surface area contributed by atoms with Gasteiger partial charge in [-0.25, -0.2) is 9.78 Å². The number of carboxylic acid groups (broad SMARTS) is 1. The minimum atomic E-state index is -1.26. The fraction of sp³-hybridized carbons (Fsp3) is 0.367. The number of aromatic hydroxyl groups is 1. The first-order valence-electron chi connectivity index (χ1n) is 13.8. The number of rotatable bonds is 15. The number of benzene rings is 2. The Morgan fingerprint density at radius 3 is 2.10 bits per heavy atom. The summed E-state index contributed by atoms with van der Waals surface area (Å²) < 4.78 is 0. The smallest absolute Gasteiger partial charge is 0.326 e. The van der Waals surface area contributed by atoms with E-state index in [-0.39, 0.29) is 30.9 Å². The van der Waals surface area contributed by atoms with Crippen LogP contribution >= 0.6 is 0 Å². The summed E-state index contributed by atoms with van der Waals surface area (Å²) in [4.78, 5) is 58.6. The number of carbonyl (C=O) groups is 4. The van der Waals surface area contributed by atoms with Gasteiger partial charge in [0, 0.05) is 24.7 Å². The number of aromatic nitrogens is 2. The van der Waals surface area contributed by atoms with Crippen molar-refractivity contribution in [2.45, 2.75) is 63.7 Å². The molecule has 0 aliphatic heterocycles. The highest BCUT2D eigenvalue weighted by Gasteiger charge is 2.33. The number of aromatic amines is 1. The zero-order valence-electron chi connectivity index (χ0n) is 23.6. The Kier molecular flexibility index (Phi) is 11.6. The second-order valence-electron chi connectivity index (χ2n) is 10.3. The molecule has 12 heteroatoms. The fourth-order valence-corrected chi connectivity index (χ4v) is 4.35. The van der Waals surface area contributed by atoms with Crippen molar-refractivity contribution < 1.29 is 29.4 Å². The average Bonchev–Trinajstić information content (AvgIpc) is 3.49. The number of nitrogens with zero attached hydrogens (tertiary/aromatic N) is 1. The Labute approximate surface area is 244 Å². The summed E-state index contributed by atoms with van der Waals surface area (Å²) in [7, 11) is 0. The number of phenolic OH excluding ortho intramolecular Hbond substituents is 1. The number of imidazole rings is 1. The molecule has 5 unspecified atom stereocenters.